The van der Waals surface area contributed by atoms with Crippen molar-refractivity contribution in [3.05, 3.63) is 53.6 Å². The van der Waals surface area contributed by atoms with Gasteiger partial charge >= 0.3 is 0 Å². The monoisotopic (exact) mass is 380 g/mol. The number of amides is 2. The number of rotatable bonds is 5. The molecule has 0 unspecified atom stereocenters. The number of para-hydroxylation sites is 2. The Morgan fingerprint density at radius 3 is 2.07 bits per heavy atom. The van der Waals surface area contributed by atoms with Crippen LogP contribution in [0.4, 0.5) is 11.4 Å². The van der Waals surface area contributed by atoms with Crippen molar-refractivity contribution in [2.45, 2.75) is 39.5 Å². The third-order valence-corrected chi connectivity index (χ3v) is 5.61. The van der Waals surface area contributed by atoms with Gasteiger partial charge in [0.25, 0.3) is 0 Å². The van der Waals surface area contributed by atoms with Crippen molar-refractivity contribution in [1.29, 1.82) is 0 Å². The number of hydrogen-bond acceptors (Lipinski definition) is 3. The zero-order valence-electron chi connectivity index (χ0n) is 16.7. The summed E-state index contributed by atoms with van der Waals surface area (Å²) in [6.45, 7) is 4.09. The van der Waals surface area contributed by atoms with E-state index in [0.29, 0.717) is 24.3 Å². The fourth-order valence-electron chi connectivity index (χ4n) is 3.66. The van der Waals surface area contributed by atoms with E-state index in [-0.39, 0.29) is 23.7 Å². The highest BCUT2D eigenvalue weighted by Crippen LogP contribution is 2.32. The zero-order chi connectivity index (χ0) is 20.1. The fourth-order valence-corrected chi connectivity index (χ4v) is 3.66. The Bertz CT molecular complexity index is 855. The van der Waals surface area contributed by atoms with Crippen LogP contribution in [0.5, 0.6) is 5.75 Å². The van der Waals surface area contributed by atoms with E-state index in [9.17, 15) is 9.59 Å². The van der Waals surface area contributed by atoms with Gasteiger partial charge in [-0.2, -0.15) is 0 Å². The molecule has 5 nitrogen and oxygen atoms in total. The Labute approximate surface area is 166 Å². The van der Waals surface area contributed by atoms with Crippen molar-refractivity contribution in [2.75, 3.05) is 17.7 Å². The summed E-state index contributed by atoms with van der Waals surface area (Å²) >= 11 is 0. The highest BCUT2D eigenvalue weighted by molar-refractivity contribution is 5.95. The lowest BCUT2D eigenvalue weighted by Crippen LogP contribution is -2.32. The summed E-state index contributed by atoms with van der Waals surface area (Å²) in [5.41, 5.74) is 3.89. The van der Waals surface area contributed by atoms with E-state index in [1.54, 1.807) is 7.11 Å². The van der Waals surface area contributed by atoms with Gasteiger partial charge < -0.3 is 15.4 Å². The molecule has 5 heteroatoms. The Hall–Kier alpha value is -2.82. The van der Waals surface area contributed by atoms with Crippen LogP contribution in [0, 0.1) is 25.7 Å². The molecule has 1 fully saturated rings. The molecule has 2 aromatic carbocycles. The molecule has 0 saturated heterocycles. The summed E-state index contributed by atoms with van der Waals surface area (Å²) in [5.74, 6) is 0.578. The maximum absolute atomic E-state index is 12.6. The second kappa shape index (κ2) is 8.91. The summed E-state index contributed by atoms with van der Waals surface area (Å²) in [6.07, 6.45) is 2.87. The molecule has 0 aliphatic heterocycles. The van der Waals surface area contributed by atoms with Crippen LogP contribution in [0.2, 0.25) is 0 Å². The summed E-state index contributed by atoms with van der Waals surface area (Å²) < 4.78 is 5.29. The Morgan fingerprint density at radius 2 is 1.46 bits per heavy atom. The topological polar surface area (TPSA) is 67.4 Å². The van der Waals surface area contributed by atoms with E-state index in [1.165, 1.54) is 5.56 Å². The summed E-state index contributed by atoms with van der Waals surface area (Å²) in [7, 11) is 1.59. The minimum atomic E-state index is -0.0735. The predicted molar refractivity (Wildman–Crippen MR) is 112 cm³/mol. The van der Waals surface area contributed by atoms with Crippen LogP contribution in [-0.2, 0) is 9.59 Å². The van der Waals surface area contributed by atoms with Gasteiger partial charge in [-0.1, -0.05) is 18.2 Å². The number of carbonyl (C=O) groups is 2. The van der Waals surface area contributed by atoms with Crippen LogP contribution in [0.25, 0.3) is 0 Å². The lowest BCUT2D eigenvalue weighted by Gasteiger charge is -2.27. The highest BCUT2D eigenvalue weighted by Gasteiger charge is 2.30. The standard InChI is InChI=1S/C23H28N2O3/c1-15-8-13-19(14-16(15)2)24-22(26)17-9-11-18(12-10-17)23(27)25-20-6-4-5-7-21(20)28-3/h4-8,13-14,17-18H,9-12H2,1-3H3,(H,24,26)(H,25,27). The molecule has 2 amide bonds. The maximum Gasteiger partial charge on any atom is 0.227 e. The Balaban J connectivity index is 1.52. The third-order valence-electron chi connectivity index (χ3n) is 5.61. The van der Waals surface area contributed by atoms with E-state index in [4.69, 9.17) is 4.74 Å². The molecule has 148 valence electrons. The van der Waals surface area contributed by atoms with Crippen molar-refractivity contribution in [3.8, 4) is 5.75 Å². The zero-order valence-corrected chi connectivity index (χ0v) is 16.7. The molecule has 0 bridgehead atoms. The van der Waals surface area contributed by atoms with E-state index in [2.05, 4.69) is 17.6 Å². The third kappa shape index (κ3) is 4.71. The molecule has 0 radical (unpaired) electrons. The number of methoxy groups -OCH3 is 1. The van der Waals surface area contributed by atoms with Gasteiger partial charge in [0.15, 0.2) is 0 Å². The molecular formula is C23H28N2O3. The molecule has 1 aliphatic carbocycles. The molecule has 0 atom stereocenters. The minimum absolute atomic E-state index is 0.00230. The number of carbonyl (C=O) groups excluding carboxylic acids is 2. The first-order valence-electron chi connectivity index (χ1n) is 9.80. The molecule has 2 aromatic rings. The molecule has 1 saturated carbocycles. The van der Waals surface area contributed by atoms with Gasteiger partial charge in [-0.25, -0.2) is 0 Å². The van der Waals surface area contributed by atoms with Crippen LogP contribution in [0.3, 0.4) is 0 Å². The number of anilines is 2. The molecule has 2 N–H and O–H groups in total. The first-order valence-corrected chi connectivity index (χ1v) is 9.80. The highest BCUT2D eigenvalue weighted by atomic mass is 16.5. The predicted octanol–water partition coefficient (Wildman–Crippen LogP) is 4.70. The molecule has 28 heavy (non-hydrogen) atoms. The summed E-state index contributed by atoms with van der Waals surface area (Å²) in [5, 5.41) is 5.98. The quantitative estimate of drug-likeness (QED) is 0.790. The van der Waals surface area contributed by atoms with Crippen LogP contribution >= 0.6 is 0 Å². The average Bonchev–Trinajstić information content (AvgIpc) is 2.71. The summed E-state index contributed by atoms with van der Waals surface area (Å²) in [4.78, 5) is 25.2. The smallest absolute Gasteiger partial charge is 0.227 e. The number of nitrogens with one attached hydrogen (secondary N) is 2. The minimum Gasteiger partial charge on any atom is -0.495 e. The normalized spacial score (nSPS) is 19.0. The number of ether oxygens (including phenoxy) is 1. The second-order valence-corrected chi connectivity index (χ2v) is 7.53. The van der Waals surface area contributed by atoms with Crippen LogP contribution in [0.1, 0.15) is 36.8 Å². The van der Waals surface area contributed by atoms with Gasteiger partial charge in [0, 0.05) is 17.5 Å². The van der Waals surface area contributed by atoms with Gasteiger partial charge in [-0.3, -0.25) is 9.59 Å². The van der Waals surface area contributed by atoms with Gasteiger partial charge in [-0.05, 0) is 74.9 Å². The largest absolute Gasteiger partial charge is 0.495 e. The van der Waals surface area contributed by atoms with Crippen molar-refractivity contribution in [2.24, 2.45) is 11.8 Å². The van der Waals surface area contributed by atoms with E-state index in [0.717, 1.165) is 24.1 Å². The average molecular weight is 380 g/mol. The first-order chi connectivity index (χ1) is 13.5. The van der Waals surface area contributed by atoms with Crippen molar-refractivity contribution in [3.63, 3.8) is 0 Å². The van der Waals surface area contributed by atoms with Crippen molar-refractivity contribution < 1.29 is 14.3 Å². The van der Waals surface area contributed by atoms with Crippen LogP contribution in [0.15, 0.2) is 42.5 Å². The van der Waals surface area contributed by atoms with Gasteiger partial charge in [0.05, 0.1) is 12.8 Å². The van der Waals surface area contributed by atoms with E-state index >= 15 is 0 Å². The summed E-state index contributed by atoms with van der Waals surface area (Å²) in [6, 6.07) is 13.3. The number of benzene rings is 2. The van der Waals surface area contributed by atoms with E-state index in [1.807, 2.05) is 49.4 Å². The van der Waals surface area contributed by atoms with Crippen molar-refractivity contribution in [1.82, 2.24) is 0 Å². The number of aryl methyl sites for hydroxylation is 2. The lowest BCUT2D eigenvalue weighted by molar-refractivity contribution is -0.125. The van der Waals surface area contributed by atoms with Crippen LogP contribution < -0.4 is 15.4 Å². The molecule has 0 aromatic heterocycles. The van der Waals surface area contributed by atoms with Crippen LogP contribution in [-0.4, -0.2) is 18.9 Å². The van der Waals surface area contributed by atoms with Crippen molar-refractivity contribution >= 4 is 23.2 Å². The molecule has 3 rings (SSSR count). The molecule has 0 heterocycles. The molecule has 0 spiro atoms. The lowest BCUT2D eigenvalue weighted by atomic mass is 9.81. The first kappa shape index (κ1) is 19.9. The SMILES string of the molecule is COc1ccccc1NC(=O)C1CCC(C(=O)Nc2ccc(C)c(C)c2)CC1. The maximum atomic E-state index is 12.6. The van der Waals surface area contributed by atoms with E-state index < -0.39 is 0 Å². The van der Waals surface area contributed by atoms with Gasteiger partial charge in [-0.15, -0.1) is 0 Å². The second-order valence-electron chi connectivity index (χ2n) is 7.53. The Kier molecular flexibility index (Phi) is 6.34. The Morgan fingerprint density at radius 1 is 0.857 bits per heavy atom. The molecule has 1 aliphatic rings. The molecular weight excluding hydrogens is 352 g/mol. The fraction of sp³-hybridized carbons (Fsp3) is 0.391. The number of hydrogen-bond donors (Lipinski definition) is 2. The van der Waals surface area contributed by atoms with Gasteiger partial charge in [0.2, 0.25) is 11.8 Å². The van der Waals surface area contributed by atoms with Gasteiger partial charge in [0.1, 0.15) is 5.75 Å².